The number of esters is 1. The monoisotopic (exact) mass is 317 g/mol. The highest BCUT2D eigenvalue weighted by Crippen LogP contribution is 2.21. The summed E-state index contributed by atoms with van der Waals surface area (Å²) in [5.41, 5.74) is 1.53. The summed E-state index contributed by atoms with van der Waals surface area (Å²) in [6.07, 6.45) is -0.823. The van der Waals surface area contributed by atoms with Gasteiger partial charge >= 0.3 is 5.97 Å². The molecule has 22 heavy (non-hydrogen) atoms. The van der Waals surface area contributed by atoms with Gasteiger partial charge in [0.2, 0.25) is 0 Å². The second-order valence-electron chi connectivity index (χ2n) is 5.08. The normalized spacial score (nSPS) is 11.8. The van der Waals surface area contributed by atoms with Crippen LogP contribution in [0.15, 0.2) is 36.4 Å². The fourth-order valence-electron chi connectivity index (χ4n) is 2.04. The van der Waals surface area contributed by atoms with E-state index in [4.69, 9.17) is 4.74 Å². The molecular formula is C17H19NO3S. The molecule has 2 rings (SSSR count). The Bertz CT molecular complexity index is 664. The Morgan fingerprint density at radius 3 is 2.50 bits per heavy atom. The van der Waals surface area contributed by atoms with Gasteiger partial charge in [-0.2, -0.15) is 0 Å². The highest BCUT2D eigenvalue weighted by Gasteiger charge is 2.20. The predicted molar refractivity (Wildman–Crippen MR) is 87.0 cm³/mol. The van der Waals surface area contributed by atoms with Crippen LogP contribution in [0, 0.1) is 13.8 Å². The minimum atomic E-state index is -0.823. The lowest BCUT2D eigenvalue weighted by molar-refractivity contribution is -0.129. The van der Waals surface area contributed by atoms with Crippen LogP contribution in [0.5, 0.6) is 0 Å². The Kier molecular flexibility index (Phi) is 5.33. The van der Waals surface area contributed by atoms with Crippen LogP contribution in [0.4, 0.5) is 0 Å². The first-order valence-electron chi connectivity index (χ1n) is 7.07. The zero-order chi connectivity index (χ0) is 16.1. The molecule has 0 spiro atoms. The minimum absolute atomic E-state index is 0.304. The van der Waals surface area contributed by atoms with Crippen molar-refractivity contribution in [3.63, 3.8) is 0 Å². The molecule has 1 N–H and O–H groups in total. The highest BCUT2D eigenvalue weighted by molar-refractivity contribution is 7.12. The molecule has 1 heterocycles. The Hall–Kier alpha value is -2.14. The van der Waals surface area contributed by atoms with E-state index in [1.807, 2.05) is 44.2 Å². The summed E-state index contributed by atoms with van der Waals surface area (Å²) in [6.45, 7) is 5.80. The number of carbonyl (C=O) groups excluding carboxylic acids is 2. The van der Waals surface area contributed by atoms with E-state index in [-0.39, 0.29) is 5.91 Å². The van der Waals surface area contributed by atoms with E-state index < -0.39 is 12.1 Å². The molecule has 1 aromatic carbocycles. The molecule has 0 fully saturated rings. The molecule has 0 aliphatic heterocycles. The summed E-state index contributed by atoms with van der Waals surface area (Å²) in [6, 6.07) is 11.4. The molecule has 5 heteroatoms. The summed E-state index contributed by atoms with van der Waals surface area (Å²) >= 11 is 1.54. The van der Waals surface area contributed by atoms with E-state index in [1.54, 1.807) is 13.0 Å². The molecule has 0 aliphatic rings. The molecule has 0 bridgehead atoms. The number of aryl methyl sites for hydroxylation is 2. The van der Waals surface area contributed by atoms with Gasteiger partial charge in [-0.05, 0) is 32.4 Å². The lowest BCUT2D eigenvalue weighted by Crippen LogP contribution is -2.35. The molecule has 0 unspecified atom stereocenters. The van der Waals surface area contributed by atoms with Crippen LogP contribution < -0.4 is 5.32 Å². The van der Waals surface area contributed by atoms with Crippen molar-refractivity contribution in [2.75, 3.05) is 0 Å². The predicted octanol–water partition coefficient (Wildman–Crippen LogP) is 3.23. The van der Waals surface area contributed by atoms with Crippen molar-refractivity contribution < 1.29 is 14.3 Å². The molecule has 1 aromatic heterocycles. The first-order chi connectivity index (χ1) is 10.5. The minimum Gasteiger partial charge on any atom is -0.449 e. The van der Waals surface area contributed by atoms with Gasteiger partial charge in [-0.1, -0.05) is 30.3 Å². The molecular weight excluding hydrogens is 298 g/mol. The number of benzene rings is 1. The third-order valence-electron chi connectivity index (χ3n) is 3.22. The maximum absolute atomic E-state index is 12.1. The van der Waals surface area contributed by atoms with Crippen molar-refractivity contribution in [2.24, 2.45) is 0 Å². The number of amides is 1. The third-order valence-corrected chi connectivity index (χ3v) is 4.19. The molecule has 0 aliphatic carbocycles. The molecule has 1 atom stereocenters. The van der Waals surface area contributed by atoms with Crippen molar-refractivity contribution in [1.82, 2.24) is 5.32 Å². The average molecular weight is 317 g/mol. The van der Waals surface area contributed by atoms with E-state index in [2.05, 4.69) is 5.32 Å². The van der Waals surface area contributed by atoms with E-state index in [0.717, 1.165) is 15.3 Å². The van der Waals surface area contributed by atoms with Gasteiger partial charge in [-0.3, -0.25) is 4.79 Å². The molecule has 1 amide bonds. The first-order valence-corrected chi connectivity index (χ1v) is 7.88. The molecule has 2 aromatic rings. The summed E-state index contributed by atoms with van der Waals surface area (Å²) < 4.78 is 5.24. The molecule has 116 valence electrons. The third kappa shape index (κ3) is 4.18. The van der Waals surface area contributed by atoms with Crippen LogP contribution >= 0.6 is 11.3 Å². The summed E-state index contributed by atoms with van der Waals surface area (Å²) in [4.78, 5) is 26.0. The van der Waals surface area contributed by atoms with Crippen molar-refractivity contribution in [3.8, 4) is 0 Å². The van der Waals surface area contributed by atoms with Crippen LogP contribution in [-0.2, 0) is 16.1 Å². The second kappa shape index (κ2) is 7.22. The van der Waals surface area contributed by atoms with Gasteiger partial charge in [-0.15, -0.1) is 11.3 Å². The zero-order valence-corrected chi connectivity index (χ0v) is 13.7. The summed E-state index contributed by atoms with van der Waals surface area (Å²) in [5.74, 6) is -0.758. The largest absolute Gasteiger partial charge is 0.449 e. The fraction of sp³-hybridized carbons (Fsp3) is 0.294. The number of hydrogen-bond acceptors (Lipinski definition) is 4. The fourth-order valence-corrected chi connectivity index (χ4v) is 2.95. The van der Waals surface area contributed by atoms with Gasteiger partial charge in [0.15, 0.2) is 6.10 Å². The maximum atomic E-state index is 12.1. The molecule has 0 saturated heterocycles. The number of carbonyl (C=O) groups is 2. The smallest absolute Gasteiger partial charge is 0.340 e. The molecule has 0 saturated carbocycles. The van der Waals surface area contributed by atoms with Gasteiger partial charge in [0.25, 0.3) is 5.91 Å². The van der Waals surface area contributed by atoms with Crippen LogP contribution in [0.3, 0.4) is 0 Å². The van der Waals surface area contributed by atoms with Crippen LogP contribution in [0.1, 0.15) is 32.6 Å². The van der Waals surface area contributed by atoms with Gasteiger partial charge in [0.1, 0.15) is 0 Å². The van der Waals surface area contributed by atoms with E-state index in [9.17, 15) is 9.59 Å². The van der Waals surface area contributed by atoms with Gasteiger partial charge in [0, 0.05) is 16.3 Å². The Labute approximate surface area is 134 Å². The Morgan fingerprint density at radius 2 is 1.91 bits per heavy atom. The van der Waals surface area contributed by atoms with E-state index in [0.29, 0.717) is 12.1 Å². The number of nitrogens with one attached hydrogen (secondary N) is 1. The van der Waals surface area contributed by atoms with Crippen LogP contribution in [-0.4, -0.2) is 18.0 Å². The molecule has 4 nitrogen and oxygen atoms in total. The Balaban J connectivity index is 1.88. The average Bonchev–Trinajstić information content (AvgIpc) is 2.84. The summed E-state index contributed by atoms with van der Waals surface area (Å²) in [5, 5.41) is 2.76. The Morgan fingerprint density at radius 1 is 1.23 bits per heavy atom. The number of ether oxygens (including phenoxy) is 1. The van der Waals surface area contributed by atoms with E-state index >= 15 is 0 Å². The van der Waals surface area contributed by atoms with Gasteiger partial charge < -0.3 is 10.1 Å². The lowest BCUT2D eigenvalue weighted by Gasteiger charge is -2.13. The quantitative estimate of drug-likeness (QED) is 0.861. The van der Waals surface area contributed by atoms with Crippen molar-refractivity contribution in [1.29, 1.82) is 0 Å². The topological polar surface area (TPSA) is 55.4 Å². The van der Waals surface area contributed by atoms with Crippen LogP contribution in [0.2, 0.25) is 0 Å². The van der Waals surface area contributed by atoms with E-state index in [1.165, 1.54) is 11.3 Å². The number of rotatable bonds is 5. The highest BCUT2D eigenvalue weighted by atomic mass is 32.1. The van der Waals surface area contributed by atoms with Gasteiger partial charge in [-0.25, -0.2) is 4.79 Å². The SMILES string of the molecule is Cc1cc(C(=O)O[C@H](C)C(=O)NCc2ccccc2)c(C)s1. The first kappa shape index (κ1) is 16.2. The maximum Gasteiger partial charge on any atom is 0.340 e. The zero-order valence-electron chi connectivity index (χ0n) is 12.9. The number of thiophene rings is 1. The van der Waals surface area contributed by atoms with Gasteiger partial charge in [0.05, 0.1) is 5.56 Å². The van der Waals surface area contributed by atoms with Crippen molar-refractivity contribution in [3.05, 3.63) is 57.3 Å². The lowest BCUT2D eigenvalue weighted by atomic mass is 10.2. The molecule has 0 radical (unpaired) electrons. The standard InChI is InChI=1S/C17H19NO3S/c1-11-9-15(13(3)22-11)17(20)21-12(2)16(19)18-10-14-7-5-4-6-8-14/h4-9,12H,10H2,1-3H3,(H,18,19)/t12-/m1/s1. The second-order valence-corrected chi connectivity index (χ2v) is 6.54. The summed E-state index contributed by atoms with van der Waals surface area (Å²) in [7, 11) is 0. The van der Waals surface area contributed by atoms with Crippen molar-refractivity contribution >= 4 is 23.2 Å². The van der Waals surface area contributed by atoms with Crippen LogP contribution in [0.25, 0.3) is 0 Å². The number of hydrogen-bond donors (Lipinski definition) is 1. The van der Waals surface area contributed by atoms with Crippen molar-refractivity contribution in [2.45, 2.75) is 33.4 Å².